The molecule has 66 valence electrons. The number of hydrogen-bond acceptors (Lipinski definition) is 4. The lowest BCUT2D eigenvalue weighted by atomic mass is 9.94. The van der Waals surface area contributed by atoms with E-state index in [-0.39, 0.29) is 12.0 Å². The Hall–Kier alpha value is -1.20. The summed E-state index contributed by atoms with van der Waals surface area (Å²) < 4.78 is 0. The Balaban J connectivity index is 2.89. The lowest BCUT2D eigenvalue weighted by Crippen LogP contribution is -2.37. The number of ketones is 1. The maximum Gasteiger partial charge on any atom is 0.331 e. The van der Waals surface area contributed by atoms with Crippen molar-refractivity contribution in [3.8, 4) is 0 Å². The van der Waals surface area contributed by atoms with Gasteiger partial charge in [-0.3, -0.25) is 4.79 Å². The first-order valence-corrected chi connectivity index (χ1v) is 3.36. The Morgan fingerprint density at radius 3 is 2.50 bits per heavy atom. The first-order chi connectivity index (χ1) is 5.52. The van der Waals surface area contributed by atoms with Crippen LogP contribution in [0.15, 0.2) is 11.6 Å². The van der Waals surface area contributed by atoms with Crippen LogP contribution in [0.25, 0.3) is 0 Å². The Labute approximate surface area is 67.9 Å². The van der Waals surface area contributed by atoms with Gasteiger partial charge in [0.1, 0.15) is 6.10 Å². The molecule has 0 radical (unpaired) electrons. The first kappa shape index (κ1) is 8.89. The van der Waals surface area contributed by atoms with Gasteiger partial charge in [-0.1, -0.05) is 0 Å². The molecule has 0 aliphatic heterocycles. The molecule has 1 aliphatic carbocycles. The van der Waals surface area contributed by atoms with Gasteiger partial charge in [-0.05, 0) is 6.08 Å². The molecule has 0 fully saturated rings. The summed E-state index contributed by atoms with van der Waals surface area (Å²) in [5.74, 6) is -2.00. The van der Waals surface area contributed by atoms with Gasteiger partial charge in [-0.25, -0.2) is 4.79 Å². The second-order valence-corrected chi connectivity index (χ2v) is 2.59. The second-order valence-electron chi connectivity index (χ2n) is 2.59. The number of hydrogen-bond donors (Lipinski definition) is 3. The highest BCUT2D eigenvalue weighted by Gasteiger charge is 2.30. The third-order valence-electron chi connectivity index (χ3n) is 1.68. The highest BCUT2D eigenvalue weighted by atomic mass is 16.4. The molecule has 0 spiro atoms. The standard InChI is InChI=1S/C7H8O5/c8-4-1-3(7(11)12)2-5(9)6(4)10/h1,5-6,9-10H,2H2,(H,11,12). The van der Waals surface area contributed by atoms with E-state index in [1.807, 2.05) is 0 Å². The minimum absolute atomic E-state index is 0.169. The fourth-order valence-electron chi connectivity index (χ4n) is 0.992. The zero-order chi connectivity index (χ0) is 9.30. The SMILES string of the molecule is O=C(O)C1=CC(=O)C(O)C(O)C1. The van der Waals surface area contributed by atoms with E-state index in [9.17, 15) is 9.59 Å². The molecule has 0 aromatic carbocycles. The summed E-state index contributed by atoms with van der Waals surface area (Å²) in [5, 5.41) is 26.3. The summed E-state index contributed by atoms with van der Waals surface area (Å²) in [6.07, 6.45) is -2.12. The monoisotopic (exact) mass is 172 g/mol. The van der Waals surface area contributed by atoms with Crippen molar-refractivity contribution in [3.63, 3.8) is 0 Å². The minimum Gasteiger partial charge on any atom is -0.478 e. The van der Waals surface area contributed by atoms with E-state index in [4.69, 9.17) is 15.3 Å². The Bertz CT molecular complexity index is 255. The van der Waals surface area contributed by atoms with Crippen molar-refractivity contribution in [2.24, 2.45) is 0 Å². The van der Waals surface area contributed by atoms with Crippen molar-refractivity contribution < 1.29 is 24.9 Å². The molecule has 0 aromatic rings. The fraction of sp³-hybridized carbons (Fsp3) is 0.429. The minimum atomic E-state index is -1.48. The van der Waals surface area contributed by atoms with Crippen LogP contribution in [0.2, 0.25) is 0 Å². The van der Waals surface area contributed by atoms with Crippen LogP contribution < -0.4 is 0 Å². The van der Waals surface area contributed by atoms with Gasteiger partial charge >= 0.3 is 5.97 Å². The second kappa shape index (κ2) is 3.04. The number of aliphatic hydroxyl groups is 2. The Kier molecular flexibility index (Phi) is 2.25. The molecule has 0 saturated carbocycles. The van der Waals surface area contributed by atoms with Crippen molar-refractivity contribution in [2.45, 2.75) is 18.6 Å². The van der Waals surface area contributed by atoms with Crippen molar-refractivity contribution in [3.05, 3.63) is 11.6 Å². The van der Waals surface area contributed by atoms with Crippen LogP contribution in [0, 0.1) is 0 Å². The summed E-state index contributed by atoms with van der Waals surface area (Å²) in [7, 11) is 0. The maximum atomic E-state index is 10.8. The van der Waals surface area contributed by atoms with Gasteiger partial charge in [0, 0.05) is 12.0 Å². The molecule has 5 nitrogen and oxygen atoms in total. The average Bonchev–Trinajstić information content (AvgIpc) is 1.99. The molecule has 12 heavy (non-hydrogen) atoms. The predicted octanol–water partition coefficient (Wildman–Crippen LogP) is -1.31. The van der Waals surface area contributed by atoms with E-state index in [2.05, 4.69) is 0 Å². The van der Waals surface area contributed by atoms with E-state index in [0.29, 0.717) is 0 Å². The summed E-state index contributed by atoms with van der Waals surface area (Å²) in [6, 6.07) is 0. The molecule has 0 bridgehead atoms. The van der Waals surface area contributed by atoms with Crippen LogP contribution in [0.3, 0.4) is 0 Å². The van der Waals surface area contributed by atoms with Crippen LogP contribution >= 0.6 is 0 Å². The molecule has 2 atom stereocenters. The van der Waals surface area contributed by atoms with Crippen molar-refractivity contribution in [1.82, 2.24) is 0 Å². The van der Waals surface area contributed by atoms with Gasteiger partial charge in [0.2, 0.25) is 0 Å². The number of carboxylic acid groups (broad SMARTS) is 1. The molecule has 1 rings (SSSR count). The summed E-state index contributed by atoms with van der Waals surface area (Å²) >= 11 is 0. The third kappa shape index (κ3) is 1.51. The van der Waals surface area contributed by atoms with Crippen LogP contribution in [0.4, 0.5) is 0 Å². The third-order valence-corrected chi connectivity index (χ3v) is 1.68. The van der Waals surface area contributed by atoms with Gasteiger partial charge in [-0.15, -0.1) is 0 Å². The van der Waals surface area contributed by atoms with Crippen molar-refractivity contribution in [2.75, 3.05) is 0 Å². The highest BCUT2D eigenvalue weighted by Crippen LogP contribution is 2.16. The highest BCUT2D eigenvalue weighted by molar-refractivity contribution is 6.02. The van der Waals surface area contributed by atoms with E-state index in [1.54, 1.807) is 0 Å². The van der Waals surface area contributed by atoms with Crippen LogP contribution in [0.1, 0.15) is 6.42 Å². The zero-order valence-corrected chi connectivity index (χ0v) is 6.10. The van der Waals surface area contributed by atoms with Crippen LogP contribution in [-0.2, 0) is 9.59 Å². The van der Waals surface area contributed by atoms with E-state index >= 15 is 0 Å². The van der Waals surface area contributed by atoms with E-state index < -0.39 is 24.0 Å². The Morgan fingerprint density at radius 2 is 2.08 bits per heavy atom. The van der Waals surface area contributed by atoms with Crippen molar-refractivity contribution in [1.29, 1.82) is 0 Å². The first-order valence-electron chi connectivity index (χ1n) is 3.36. The predicted molar refractivity (Wildman–Crippen MR) is 37.4 cm³/mol. The lowest BCUT2D eigenvalue weighted by molar-refractivity contribution is -0.136. The van der Waals surface area contributed by atoms with Gasteiger partial charge in [0.25, 0.3) is 0 Å². The van der Waals surface area contributed by atoms with Gasteiger partial charge in [0.15, 0.2) is 5.78 Å². The normalized spacial score (nSPS) is 29.8. The van der Waals surface area contributed by atoms with E-state index in [0.717, 1.165) is 6.08 Å². The molecule has 0 aromatic heterocycles. The van der Waals surface area contributed by atoms with Gasteiger partial charge < -0.3 is 15.3 Å². The van der Waals surface area contributed by atoms with Crippen molar-refractivity contribution >= 4 is 11.8 Å². The van der Waals surface area contributed by atoms with Gasteiger partial charge in [0.05, 0.1) is 6.10 Å². The largest absolute Gasteiger partial charge is 0.478 e. The average molecular weight is 172 g/mol. The van der Waals surface area contributed by atoms with Crippen LogP contribution in [0.5, 0.6) is 0 Å². The molecular formula is C7H8O5. The Morgan fingerprint density at radius 1 is 1.50 bits per heavy atom. The number of aliphatic carboxylic acids is 1. The quantitative estimate of drug-likeness (QED) is 0.456. The number of carbonyl (C=O) groups excluding carboxylic acids is 1. The summed E-state index contributed by atoms with van der Waals surface area (Å²) in [4.78, 5) is 21.1. The molecule has 5 heteroatoms. The lowest BCUT2D eigenvalue weighted by Gasteiger charge is -2.19. The molecule has 0 heterocycles. The fourth-order valence-corrected chi connectivity index (χ4v) is 0.992. The smallest absolute Gasteiger partial charge is 0.331 e. The molecule has 0 saturated heterocycles. The number of aliphatic hydroxyl groups excluding tert-OH is 2. The molecule has 0 amide bonds. The molecule has 3 N–H and O–H groups in total. The molecule has 1 aliphatic rings. The number of carboxylic acids is 1. The molecule has 2 unspecified atom stereocenters. The number of carbonyl (C=O) groups is 2. The van der Waals surface area contributed by atoms with Gasteiger partial charge in [-0.2, -0.15) is 0 Å². The zero-order valence-electron chi connectivity index (χ0n) is 6.10. The molecular weight excluding hydrogens is 164 g/mol. The number of rotatable bonds is 1. The summed E-state index contributed by atoms with van der Waals surface area (Å²) in [5.41, 5.74) is -0.169. The topological polar surface area (TPSA) is 94.8 Å². The van der Waals surface area contributed by atoms with E-state index in [1.165, 1.54) is 0 Å². The summed E-state index contributed by atoms with van der Waals surface area (Å²) in [6.45, 7) is 0. The maximum absolute atomic E-state index is 10.8. The van der Waals surface area contributed by atoms with Crippen LogP contribution in [-0.4, -0.2) is 39.3 Å².